The van der Waals surface area contributed by atoms with Crippen LogP contribution in [0.2, 0.25) is 0 Å². The molecule has 0 amide bonds. The summed E-state index contributed by atoms with van der Waals surface area (Å²) >= 11 is 0. The van der Waals surface area contributed by atoms with Gasteiger partial charge in [0, 0.05) is 6.07 Å². The monoisotopic (exact) mass is 229 g/mol. The molecule has 7 heteroatoms. The molecule has 0 atom stereocenters. The van der Waals surface area contributed by atoms with E-state index in [9.17, 15) is 18.7 Å². The molecule has 0 saturated heterocycles. The molecule has 84 valence electrons. The standard InChI is InChI=1S/C9H5F2NO4/c10-9(11)16-5-1-4(3-12)7(8(14)15)6(13)2-5/h1-2,9,13H,(H,14,15). The average molecular weight is 229 g/mol. The van der Waals surface area contributed by atoms with Crippen molar-refractivity contribution in [1.29, 1.82) is 5.26 Å². The molecule has 1 rings (SSSR count). The van der Waals surface area contributed by atoms with E-state index in [-0.39, 0.29) is 0 Å². The first-order valence-corrected chi connectivity index (χ1v) is 3.91. The number of carboxylic acids is 1. The zero-order chi connectivity index (χ0) is 12.3. The van der Waals surface area contributed by atoms with Crippen molar-refractivity contribution in [2.75, 3.05) is 0 Å². The number of nitrogens with zero attached hydrogens (tertiary/aromatic N) is 1. The van der Waals surface area contributed by atoms with Gasteiger partial charge in [-0.2, -0.15) is 14.0 Å². The van der Waals surface area contributed by atoms with E-state index in [0.717, 1.165) is 6.07 Å². The average Bonchev–Trinajstić information content (AvgIpc) is 2.14. The molecular formula is C9H5F2NO4. The van der Waals surface area contributed by atoms with Crippen molar-refractivity contribution < 1.29 is 28.5 Å². The van der Waals surface area contributed by atoms with Crippen LogP contribution in [-0.4, -0.2) is 22.8 Å². The van der Waals surface area contributed by atoms with Gasteiger partial charge in [-0.3, -0.25) is 0 Å². The third kappa shape index (κ3) is 2.36. The van der Waals surface area contributed by atoms with Gasteiger partial charge in [0.25, 0.3) is 0 Å². The Hall–Kier alpha value is -2.36. The van der Waals surface area contributed by atoms with Crippen LogP contribution in [-0.2, 0) is 0 Å². The van der Waals surface area contributed by atoms with Crippen molar-refractivity contribution in [3.8, 4) is 17.6 Å². The minimum Gasteiger partial charge on any atom is -0.507 e. The van der Waals surface area contributed by atoms with Gasteiger partial charge in [0.05, 0.1) is 5.56 Å². The Bertz CT molecular complexity index is 467. The van der Waals surface area contributed by atoms with Crippen LogP contribution in [0.25, 0.3) is 0 Å². The van der Waals surface area contributed by atoms with Gasteiger partial charge < -0.3 is 14.9 Å². The fourth-order valence-corrected chi connectivity index (χ4v) is 1.08. The Labute approximate surface area is 88.1 Å². The van der Waals surface area contributed by atoms with Crippen molar-refractivity contribution in [3.05, 3.63) is 23.3 Å². The third-order valence-corrected chi connectivity index (χ3v) is 1.65. The summed E-state index contributed by atoms with van der Waals surface area (Å²) in [5.41, 5.74) is -1.10. The fraction of sp³-hybridized carbons (Fsp3) is 0.111. The van der Waals surface area contributed by atoms with E-state index >= 15 is 0 Å². The minimum atomic E-state index is -3.12. The van der Waals surface area contributed by atoms with Crippen molar-refractivity contribution in [2.24, 2.45) is 0 Å². The van der Waals surface area contributed by atoms with Crippen molar-refractivity contribution >= 4 is 5.97 Å². The molecule has 0 fully saturated rings. The van der Waals surface area contributed by atoms with Gasteiger partial charge in [-0.05, 0) is 6.07 Å². The number of nitriles is 1. The molecule has 0 aromatic heterocycles. The number of hydrogen-bond donors (Lipinski definition) is 2. The number of alkyl halides is 2. The quantitative estimate of drug-likeness (QED) is 0.820. The van der Waals surface area contributed by atoms with E-state index in [0.29, 0.717) is 6.07 Å². The van der Waals surface area contributed by atoms with Crippen LogP contribution in [0.15, 0.2) is 12.1 Å². The highest BCUT2D eigenvalue weighted by Gasteiger charge is 2.18. The van der Waals surface area contributed by atoms with Crippen LogP contribution in [0.3, 0.4) is 0 Å². The maximum Gasteiger partial charge on any atom is 0.387 e. The highest BCUT2D eigenvalue weighted by Crippen LogP contribution is 2.28. The first-order chi connectivity index (χ1) is 7.45. The summed E-state index contributed by atoms with van der Waals surface area (Å²) in [6, 6.07) is 2.99. The third-order valence-electron chi connectivity index (χ3n) is 1.65. The molecule has 0 saturated carbocycles. The fourth-order valence-electron chi connectivity index (χ4n) is 1.08. The molecule has 0 heterocycles. The maximum absolute atomic E-state index is 11.8. The summed E-state index contributed by atoms with van der Waals surface area (Å²) in [5.74, 6) is -2.81. The molecule has 0 aliphatic rings. The Balaban J connectivity index is 3.28. The van der Waals surface area contributed by atoms with Gasteiger partial charge in [0.1, 0.15) is 23.1 Å². The number of carboxylic acid groups (broad SMARTS) is 1. The molecule has 5 nitrogen and oxygen atoms in total. The zero-order valence-corrected chi connectivity index (χ0v) is 7.65. The molecule has 0 radical (unpaired) electrons. The summed E-state index contributed by atoms with van der Waals surface area (Å²) in [6.07, 6.45) is 0. The van der Waals surface area contributed by atoms with Crippen molar-refractivity contribution in [1.82, 2.24) is 0 Å². The van der Waals surface area contributed by atoms with Crippen LogP contribution >= 0.6 is 0 Å². The van der Waals surface area contributed by atoms with Gasteiger partial charge >= 0.3 is 12.6 Å². The first kappa shape index (κ1) is 11.7. The summed E-state index contributed by atoms with van der Waals surface area (Å²) in [6.45, 7) is -3.12. The Morgan fingerprint density at radius 1 is 1.50 bits per heavy atom. The number of aromatic carboxylic acids is 1. The smallest absolute Gasteiger partial charge is 0.387 e. The summed E-state index contributed by atoms with van der Waals surface area (Å²) < 4.78 is 27.6. The number of ether oxygens (including phenoxy) is 1. The van der Waals surface area contributed by atoms with Crippen LogP contribution in [0.5, 0.6) is 11.5 Å². The molecule has 0 aliphatic heterocycles. The second-order valence-corrected chi connectivity index (χ2v) is 2.66. The normalized spacial score (nSPS) is 9.88. The van der Waals surface area contributed by atoms with Gasteiger partial charge in [-0.25, -0.2) is 4.79 Å². The molecule has 0 bridgehead atoms. The van der Waals surface area contributed by atoms with Crippen LogP contribution in [0, 0.1) is 11.3 Å². The van der Waals surface area contributed by atoms with Crippen LogP contribution in [0.4, 0.5) is 8.78 Å². The molecule has 0 unspecified atom stereocenters. The summed E-state index contributed by atoms with van der Waals surface area (Å²) in [7, 11) is 0. The number of rotatable bonds is 3. The number of benzene rings is 1. The molecular weight excluding hydrogens is 224 g/mol. The topological polar surface area (TPSA) is 90.5 Å². The van der Waals surface area contributed by atoms with E-state index in [1.165, 1.54) is 6.07 Å². The second kappa shape index (κ2) is 4.44. The van der Waals surface area contributed by atoms with E-state index in [4.69, 9.17) is 10.4 Å². The lowest BCUT2D eigenvalue weighted by Crippen LogP contribution is -2.05. The number of phenols is 1. The largest absolute Gasteiger partial charge is 0.507 e. The molecule has 2 N–H and O–H groups in total. The van der Waals surface area contributed by atoms with E-state index in [2.05, 4.69) is 4.74 Å². The summed E-state index contributed by atoms with van der Waals surface area (Å²) in [5, 5.41) is 26.5. The van der Waals surface area contributed by atoms with Gasteiger partial charge in [0.15, 0.2) is 0 Å². The minimum absolute atomic E-state index is 0.455. The second-order valence-electron chi connectivity index (χ2n) is 2.66. The highest BCUT2D eigenvalue weighted by atomic mass is 19.3. The zero-order valence-electron chi connectivity index (χ0n) is 7.65. The Morgan fingerprint density at radius 3 is 2.56 bits per heavy atom. The lowest BCUT2D eigenvalue weighted by atomic mass is 10.1. The number of aromatic hydroxyl groups is 1. The lowest BCUT2D eigenvalue weighted by Gasteiger charge is -2.07. The van der Waals surface area contributed by atoms with Crippen molar-refractivity contribution in [2.45, 2.75) is 6.61 Å². The maximum atomic E-state index is 11.8. The van der Waals surface area contributed by atoms with E-state index in [1.54, 1.807) is 0 Å². The van der Waals surface area contributed by atoms with E-state index < -0.39 is 35.2 Å². The summed E-state index contributed by atoms with van der Waals surface area (Å²) in [4.78, 5) is 10.6. The number of carbonyl (C=O) groups is 1. The highest BCUT2D eigenvalue weighted by molar-refractivity contribution is 5.94. The van der Waals surface area contributed by atoms with Crippen LogP contribution < -0.4 is 4.74 Å². The molecule has 1 aromatic rings. The molecule has 1 aromatic carbocycles. The number of hydrogen-bond acceptors (Lipinski definition) is 4. The van der Waals surface area contributed by atoms with Crippen molar-refractivity contribution in [3.63, 3.8) is 0 Å². The Kier molecular flexibility index (Phi) is 3.25. The van der Waals surface area contributed by atoms with Gasteiger partial charge in [0.2, 0.25) is 0 Å². The Morgan fingerprint density at radius 2 is 2.12 bits per heavy atom. The first-order valence-electron chi connectivity index (χ1n) is 3.91. The van der Waals surface area contributed by atoms with E-state index in [1.807, 2.05) is 0 Å². The number of halogens is 2. The molecule has 0 aliphatic carbocycles. The van der Waals surface area contributed by atoms with Gasteiger partial charge in [-0.1, -0.05) is 0 Å². The SMILES string of the molecule is N#Cc1cc(OC(F)F)cc(O)c1C(=O)O. The van der Waals surface area contributed by atoms with Crippen LogP contribution in [0.1, 0.15) is 15.9 Å². The van der Waals surface area contributed by atoms with Gasteiger partial charge in [-0.15, -0.1) is 0 Å². The lowest BCUT2D eigenvalue weighted by molar-refractivity contribution is -0.0499. The molecule has 16 heavy (non-hydrogen) atoms. The predicted molar refractivity (Wildman–Crippen MR) is 46.4 cm³/mol. The molecule has 0 spiro atoms. The predicted octanol–water partition coefficient (Wildman–Crippen LogP) is 1.56.